The summed E-state index contributed by atoms with van der Waals surface area (Å²) in [5, 5.41) is 72.0. The topological polar surface area (TPSA) is 196 Å². The number of aliphatic hydroxyl groups is 8. The third-order valence-corrected chi connectivity index (χ3v) is 2.59. The molecule has 0 heterocycles. The Balaban J connectivity index is 4.81. The molecule has 118 valence electrons. The summed E-state index contributed by atoms with van der Waals surface area (Å²) in [5.74, 6) is -3.47. The van der Waals surface area contributed by atoms with E-state index in [9.17, 15) is 30.0 Å². The Bertz CT molecular complexity index is 300. The van der Waals surface area contributed by atoms with Crippen LogP contribution in [0.1, 0.15) is 0 Å². The van der Waals surface area contributed by atoms with Crippen LogP contribution in [0.25, 0.3) is 0 Å². The van der Waals surface area contributed by atoms with Crippen LogP contribution in [-0.4, -0.2) is 102 Å². The lowest BCUT2D eigenvalue weighted by Gasteiger charge is -2.23. The van der Waals surface area contributed by atoms with Crippen LogP contribution in [0, 0.1) is 0 Å². The Kier molecular flexibility index (Phi) is 7.93. The Morgan fingerprint density at radius 3 is 1.10 bits per heavy atom. The summed E-state index contributed by atoms with van der Waals surface area (Å²) in [6.07, 6.45) is -13.0. The van der Waals surface area contributed by atoms with Gasteiger partial charge >= 0.3 is 0 Å². The third kappa shape index (κ3) is 4.54. The molecule has 8 N–H and O–H groups in total. The average Bonchev–Trinajstić information content (AvgIpc) is 2.48. The number of aliphatic hydroxyl groups excluding tert-OH is 8. The molecule has 6 atom stereocenters. The smallest absolute Gasteiger partial charge is 0.232 e. The van der Waals surface area contributed by atoms with E-state index >= 15 is 0 Å². The van der Waals surface area contributed by atoms with Crippen molar-refractivity contribution in [3.05, 3.63) is 0 Å². The molecule has 0 rings (SSSR count). The molecular formula is C10H18O10. The maximum absolute atomic E-state index is 11.4. The van der Waals surface area contributed by atoms with Gasteiger partial charge in [0.1, 0.15) is 36.6 Å². The van der Waals surface area contributed by atoms with Gasteiger partial charge in [0.05, 0.1) is 13.2 Å². The number of ketones is 2. The third-order valence-electron chi connectivity index (χ3n) is 2.59. The zero-order valence-electron chi connectivity index (χ0n) is 10.3. The van der Waals surface area contributed by atoms with Crippen LogP contribution >= 0.6 is 0 Å². The van der Waals surface area contributed by atoms with E-state index in [1.807, 2.05) is 0 Å². The summed E-state index contributed by atoms with van der Waals surface area (Å²) in [5.41, 5.74) is 0. The molecule has 0 spiro atoms. The SMILES string of the molecule is O=C(C(=O)[C@@H](O)[C@H](O)[C@@H](O)CO)[C@@H](O)[C@H](O)[C@H](O)CO. The maximum atomic E-state index is 11.4. The Morgan fingerprint density at radius 1 is 0.650 bits per heavy atom. The van der Waals surface area contributed by atoms with Gasteiger partial charge in [-0.3, -0.25) is 9.59 Å². The Morgan fingerprint density at radius 2 is 0.900 bits per heavy atom. The molecule has 0 radical (unpaired) electrons. The van der Waals surface area contributed by atoms with Gasteiger partial charge in [0.25, 0.3) is 0 Å². The summed E-state index contributed by atoms with van der Waals surface area (Å²) in [4.78, 5) is 22.8. The zero-order chi connectivity index (χ0) is 16.0. The van der Waals surface area contributed by atoms with Crippen LogP contribution in [0.2, 0.25) is 0 Å². The Hall–Kier alpha value is -0.980. The van der Waals surface area contributed by atoms with Gasteiger partial charge in [-0.1, -0.05) is 0 Å². The molecule has 10 heteroatoms. The molecule has 0 unspecified atom stereocenters. The van der Waals surface area contributed by atoms with Gasteiger partial charge in [-0.15, -0.1) is 0 Å². The second-order valence-corrected chi connectivity index (χ2v) is 4.10. The van der Waals surface area contributed by atoms with Gasteiger partial charge < -0.3 is 40.9 Å². The maximum Gasteiger partial charge on any atom is 0.232 e. The largest absolute Gasteiger partial charge is 0.394 e. The first-order valence-corrected chi connectivity index (χ1v) is 5.57. The summed E-state index contributed by atoms with van der Waals surface area (Å²) < 4.78 is 0. The van der Waals surface area contributed by atoms with Crippen LogP contribution < -0.4 is 0 Å². The first-order valence-electron chi connectivity index (χ1n) is 5.57. The fourth-order valence-corrected chi connectivity index (χ4v) is 1.24. The second kappa shape index (κ2) is 8.34. The fourth-order valence-electron chi connectivity index (χ4n) is 1.24. The molecule has 0 aliphatic heterocycles. The lowest BCUT2D eigenvalue weighted by molar-refractivity contribution is -0.159. The van der Waals surface area contributed by atoms with E-state index in [1.165, 1.54) is 0 Å². The molecule has 0 saturated carbocycles. The van der Waals surface area contributed by atoms with Crippen molar-refractivity contribution in [3.8, 4) is 0 Å². The molecular weight excluding hydrogens is 280 g/mol. The van der Waals surface area contributed by atoms with Crippen LogP contribution in [-0.2, 0) is 9.59 Å². The van der Waals surface area contributed by atoms with Crippen LogP contribution in [0.3, 0.4) is 0 Å². The quantitative estimate of drug-likeness (QED) is 0.190. The monoisotopic (exact) mass is 298 g/mol. The van der Waals surface area contributed by atoms with E-state index in [-0.39, 0.29) is 0 Å². The minimum Gasteiger partial charge on any atom is -0.394 e. The van der Waals surface area contributed by atoms with Gasteiger partial charge in [0, 0.05) is 0 Å². The van der Waals surface area contributed by atoms with Crippen LogP contribution in [0.4, 0.5) is 0 Å². The standard InChI is InChI=1S/C10H18O10/c11-1-3(13)5(15)7(17)9(19)10(20)8(18)6(16)4(14)2-12/h3-8,11-18H,1-2H2/t3-,4+,5-,6-,7+,8+/m1/s1. The highest BCUT2D eigenvalue weighted by Crippen LogP contribution is 2.07. The second-order valence-electron chi connectivity index (χ2n) is 4.10. The zero-order valence-corrected chi connectivity index (χ0v) is 10.3. The predicted octanol–water partition coefficient (Wildman–Crippen LogP) is -5.73. The molecule has 0 aromatic heterocycles. The van der Waals surface area contributed by atoms with Crippen LogP contribution in [0.15, 0.2) is 0 Å². The molecule has 20 heavy (non-hydrogen) atoms. The number of rotatable bonds is 9. The highest BCUT2D eigenvalue weighted by atomic mass is 16.4. The average molecular weight is 298 g/mol. The van der Waals surface area contributed by atoms with E-state index in [0.717, 1.165) is 0 Å². The summed E-state index contributed by atoms with van der Waals surface area (Å²) in [6, 6.07) is 0. The van der Waals surface area contributed by atoms with E-state index in [4.69, 9.17) is 20.4 Å². The Labute approximate surface area is 113 Å². The van der Waals surface area contributed by atoms with Crippen molar-refractivity contribution in [2.24, 2.45) is 0 Å². The minimum atomic E-state index is -2.43. The fraction of sp³-hybridized carbons (Fsp3) is 0.800. The number of hydrogen-bond donors (Lipinski definition) is 8. The van der Waals surface area contributed by atoms with Crippen molar-refractivity contribution < 1.29 is 50.4 Å². The van der Waals surface area contributed by atoms with Gasteiger partial charge in [-0.05, 0) is 0 Å². The highest BCUT2D eigenvalue weighted by Gasteiger charge is 2.39. The summed E-state index contributed by atoms with van der Waals surface area (Å²) >= 11 is 0. The van der Waals surface area contributed by atoms with E-state index in [1.54, 1.807) is 0 Å². The van der Waals surface area contributed by atoms with Crippen molar-refractivity contribution in [2.75, 3.05) is 13.2 Å². The number of Topliss-reactive ketones (excluding diaryl/α,β-unsaturated/α-hetero) is 2. The summed E-state index contributed by atoms with van der Waals surface area (Å²) in [7, 11) is 0. The number of carbonyl (C=O) groups is 2. The molecule has 0 aromatic rings. The van der Waals surface area contributed by atoms with Gasteiger partial charge in [-0.25, -0.2) is 0 Å². The first-order chi connectivity index (χ1) is 9.18. The predicted molar refractivity (Wildman–Crippen MR) is 60.2 cm³/mol. The molecule has 0 amide bonds. The molecule has 0 aliphatic carbocycles. The normalized spacial score (nSPS) is 20.6. The molecule has 0 bridgehead atoms. The summed E-state index contributed by atoms with van der Waals surface area (Å²) in [6.45, 7) is -1.98. The molecule has 0 fully saturated rings. The number of hydrogen-bond acceptors (Lipinski definition) is 10. The van der Waals surface area contributed by atoms with E-state index in [0.29, 0.717) is 0 Å². The van der Waals surface area contributed by atoms with E-state index in [2.05, 4.69) is 0 Å². The lowest BCUT2D eigenvalue weighted by Crippen LogP contribution is -2.52. The molecule has 0 saturated heterocycles. The molecule has 10 nitrogen and oxygen atoms in total. The van der Waals surface area contributed by atoms with Crippen LogP contribution in [0.5, 0.6) is 0 Å². The van der Waals surface area contributed by atoms with Crippen molar-refractivity contribution in [1.82, 2.24) is 0 Å². The van der Waals surface area contributed by atoms with Crippen molar-refractivity contribution in [1.29, 1.82) is 0 Å². The van der Waals surface area contributed by atoms with Crippen molar-refractivity contribution in [3.63, 3.8) is 0 Å². The van der Waals surface area contributed by atoms with Crippen molar-refractivity contribution in [2.45, 2.75) is 36.6 Å². The van der Waals surface area contributed by atoms with Gasteiger partial charge in [0.15, 0.2) is 0 Å². The molecule has 0 aliphatic rings. The highest BCUT2D eigenvalue weighted by molar-refractivity contribution is 6.40. The van der Waals surface area contributed by atoms with Crippen molar-refractivity contribution >= 4 is 11.6 Å². The van der Waals surface area contributed by atoms with Gasteiger partial charge in [0.2, 0.25) is 11.6 Å². The van der Waals surface area contributed by atoms with E-state index < -0.39 is 61.4 Å². The lowest BCUT2D eigenvalue weighted by atomic mass is 9.96. The number of carbonyl (C=O) groups excluding carboxylic acids is 2. The molecule has 0 aromatic carbocycles. The van der Waals surface area contributed by atoms with Gasteiger partial charge in [-0.2, -0.15) is 0 Å². The minimum absolute atomic E-state index is 0.992. The first kappa shape index (κ1) is 19.0.